The lowest BCUT2D eigenvalue weighted by Gasteiger charge is -2.18. The molecular formula is C15H23N3O2S. The van der Waals surface area contributed by atoms with Gasteiger partial charge in [-0.3, -0.25) is 4.79 Å². The molecule has 0 aromatic carbocycles. The van der Waals surface area contributed by atoms with Crippen LogP contribution in [0.5, 0.6) is 0 Å². The van der Waals surface area contributed by atoms with Crippen molar-refractivity contribution in [2.75, 3.05) is 18.6 Å². The quantitative estimate of drug-likeness (QED) is 0.512. The van der Waals surface area contributed by atoms with E-state index in [9.17, 15) is 4.79 Å². The van der Waals surface area contributed by atoms with Crippen molar-refractivity contribution in [3.63, 3.8) is 0 Å². The highest BCUT2D eigenvalue weighted by Gasteiger charge is 2.44. The lowest BCUT2D eigenvalue weighted by atomic mass is 9.96. The van der Waals surface area contributed by atoms with Gasteiger partial charge < -0.3 is 10.5 Å². The minimum absolute atomic E-state index is 0.0827. The molecule has 0 bridgehead atoms. The topological polar surface area (TPSA) is 78.1 Å². The van der Waals surface area contributed by atoms with Gasteiger partial charge in [0.1, 0.15) is 16.7 Å². The van der Waals surface area contributed by atoms with Crippen molar-refractivity contribution in [3.8, 4) is 0 Å². The zero-order chi connectivity index (χ0) is 15.7. The number of hydrogen-bond acceptors (Lipinski definition) is 6. The van der Waals surface area contributed by atoms with Gasteiger partial charge in [0.2, 0.25) is 0 Å². The van der Waals surface area contributed by atoms with Crippen molar-refractivity contribution in [3.05, 3.63) is 11.9 Å². The maximum Gasteiger partial charge on any atom is 0.306 e. The fraction of sp³-hybridized carbons (Fsp3) is 0.667. The molecule has 5 nitrogen and oxygen atoms in total. The summed E-state index contributed by atoms with van der Waals surface area (Å²) in [6.07, 6.45) is 2.63. The summed E-state index contributed by atoms with van der Waals surface area (Å²) in [6, 6.07) is 1.80. The minimum Gasteiger partial charge on any atom is -0.469 e. The smallest absolute Gasteiger partial charge is 0.306 e. The first-order valence-electron chi connectivity index (χ1n) is 7.09. The monoisotopic (exact) mass is 309 g/mol. The Morgan fingerprint density at radius 1 is 1.43 bits per heavy atom. The summed E-state index contributed by atoms with van der Waals surface area (Å²) in [7, 11) is 1.44. The molecule has 1 aliphatic rings. The number of anilines is 1. The zero-order valence-electron chi connectivity index (χ0n) is 13.1. The van der Waals surface area contributed by atoms with Gasteiger partial charge in [-0.2, -0.15) is 0 Å². The number of esters is 1. The number of aromatic nitrogens is 2. The number of methoxy groups -OCH3 is 1. The van der Waals surface area contributed by atoms with Crippen LogP contribution in [0.3, 0.4) is 0 Å². The average Bonchev–Trinajstić information content (AvgIpc) is 3.15. The normalized spacial score (nSPS) is 16.6. The number of carbonyl (C=O) groups is 1. The third kappa shape index (κ3) is 4.33. The Morgan fingerprint density at radius 2 is 2.10 bits per heavy atom. The molecule has 1 heterocycles. The first-order valence-corrected chi connectivity index (χ1v) is 8.07. The Kier molecular flexibility index (Phi) is 4.46. The van der Waals surface area contributed by atoms with E-state index < -0.39 is 0 Å². The number of ether oxygens (including phenoxy) is 1. The molecule has 1 aromatic heterocycles. The lowest BCUT2D eigenvalue weighted by molar-refractivity contribution is -0.141. The van der Waals surface area contributed by atoms with Gasteiger partial charge >= 0.3 is 5.97 Å². The summed E-state index contributed by atoms with van der Waals surface area (Å²) in [6.45, 7) is 6.20. The highest BCUT2D eigenvalue weighted by atomic mass is 32.2. The number of nitrogens with zero attached hydrogens (tertiary/aromatic N) is 2. The molecule has 0 aliphatic heterocycles. The first kappa shape index (κ1) is 16.1. The molecule has 6 heteroatoms. The molecule has 2 N–H and O–H groups in total. The number of hydrogen-bond donors (Lipinski definition) is 1. The number of thioether (sulfide) groups is 1. The van der Waals surface area contributed by atoms with Crippen molar-refractivity contribution >= 4 is 23.5 Å². The van der Waals surface area contributed by atoms with Crippen LogP contribution < -0.4 is 5.73 Å². The molecule has 0 saturated heterocycles. The summed E-state index contributed by atoms with van der Waals surface area (Å²) in [5, 5.41) is 0.878. The van der Waals surface area contributed by atoms with Gasteiger partial charge in [0, 0.05) is 17.2 Å². The molecule has 0 radical (unpaired) electrons. The zero-order valence-corrected chi connectivity index (χ0v) is 13.9. The van der Waals surface area contributed by atoms with Crippen molar-refractivity contribution in [2.45, 2.75) is 50.5 Å². The van der Waals surface area contributed by atoms with Crippen LogP contribution >= 0.6 is 11.8 Å². The second-order valence-corrected chi connectivity index (χ2v) is 7.74. The maximum absolute atomic E-state index is 11.4. The Morgan fingerprint density at radius 3 is 2.62 bits per heavy atom. The Hall–Kier alpha value is -1.30. The second-order valence-electron chi connectivity index (χ2n) is 6.75. The average molecular weight is 309 g/mol. The van der Waals surface area contributed by atoms with Crippen molar-refractivity contribution in [1.29, 1.82) is 0 Å². The SMILES string of the molecule is COC(=O)CC1(CSc2cc(N)nc(C(C)(C)C)n2)CC1. The van der Waals surface area contributed by atoms with Gasteiger partial charge in [-0.25, -0.2) is 9.97 Å². The van der Waals surface area contributed by atoms with Gasteiger partial charge in [-0.05, 0) is 18.3 Å². The second kappa shape index (κ2) is 5.83. The van der Waals surface area contributed by atoms with E-state index >= 15 is 0 Å². The van der Waals surface area contributed by atoms with Crippen LogP contribution in [0.2, 0.25) is 0 Å². The lowest BCUT2D eigenvalue weighted by Crippen LogP contribution is -2.17. The van der Waals surface area contributed by atoms with Gasteiger partial charge in [-0.1, -0.05) is 20.8 Å². The summed E-state index contributed by atoms with van der Waals surface area (Å²) in [5.74, 6) is 1.98. The van der Waals surface area contributed by atoms with E-state index in [0.717, 1.165) is 29.4 Å². The Labute approximate surface area is 130 Å². The molecule has 1 aliphatic carbocycles. The molecule has 0 atom stereocenters. The molecule has 2 rings (SSSR count). The van der Waals surface area contributed by atoms with Crippen LogP contribution in [-0.4, -0.2) is 28.8 Å². The molecule has 1 fully saturated rings. The van der Waals surface area contributed by atoms with Crippen molar-refractivity contribution < 1.29 is 9.53 Å². The minimum atomic E-state index is -0.134. The third-order valence-corrected chi connectivity index (χ3v) is 4.89. The molecule has 0 spiro atoms. The van der Waals surface area contributed by atoms with Gasteiger partial charge in [0.05, 0.1) is 13.5 Å². The molecular weight excluding hydrogens is 286 g/mol. The van der Waals surface area contributed by atoms with Crippen LogP contribution in [0.1, 0.15) is 45.9 Å². The van der Waals surface area contributed by atoms with Gasteiger partial charge in [0.15, 0.2) is 0 Å². The Bertz CT molecular complexity index is 536. The molecule has 0 amide bonds. The highest BCUT2D eigenvalue weighted by Crippen LogP contribution is 2.52. The van der Waals surface area contributed by atoms with Crippen LogP contribution in [0.15, 0.2) is 11.1 Å². The van der Waals surface area contributed by atoms with Crippen LogP contribution in [0.4, 0.5) is 5.82 Å². The number of nitrogens with two attached hydrogens (primary N) is 1. The van der Waals surface area contributed by atoms with Crippen LogP contribution in [-0.2, 0) is 14.9 Å². The first-order chi connectivity index (χ1) is 9.74. The largest absolute Gasteiger partial charge is 0.469 e. The van der Waals surface area contributed by atoms with Crippen LogP contribution in [0, 0.1) is 5.41 Å². The highest BCUT2D eigenvalue weighted by molar-refractivity contribution is 7.99. The predicted molar refractivity (Wildman–Crippen MR) is 84.2 cm³/mol. The van der Waals surface area contributed by atoms with E-state index in [4.69, 9.17) is 10.5 Å². The van der Waals surface area contributed by atoms with Crippen LogP contribution in [0.25, 0.3) is 0 Å². The number of carbonyl (C=O) groups excluding carboxylic acids is 1. The fourth-order valence-electron chi connectivity index (χ4n) is 2.01. The number of rotatable bonds is 5. The molecule has 1 saturated carbocycles. The number of nitrogen functional groups attached to an aromatic ring is 1. The summed E-state index contributed by atoms with van der Waals surface area (Å²) in [4.78, 5) is 20.3. The molecule has 116 valence electrons. The van der Waals surface area contributed by atoms with E-state index in [1.54, 1.807) is 17.8 Å². The van der Waals surface area contributed by atoms with E-state index in [-0.39, 0.29) is 16.8 Å². The predicted octanol–water partition coefficient (Wildman–Crippen LogP) is 2.79. The Balaban J connectivity index is 2.04. The van der Waals surface area contributed by atoms with Gasteiger partial charge in [0.25, 0.3) is 0 Å². The molecule has 1 aromatic rings. The van der Waals surface area contributed by atoms with E-state index in [2.05, 4.69) is 30.7 Å². The van der Waals surface area contributed by atoms with E-state index in [1.165, 1.54) is 7.11 Å². The maximum atomic E-state index is 11.4. The fourth-order valence-corrected chi connectivity index (χ4v) is 3.21. The van der Waals surface area contributed by atoms with Gasteiger partial charge in [-0.15, -0.1) is 11.8 Å². The van der Waals surface area contributed by atoms with E-state index in [0.29, 0.717) is 12.2 Å². The summed E-state index contributed by atoms with van der Waals surface area (Å²) in [5.41, 5.74) is 5.83. The van der Waals surface area contributed by atoms with Crippen molar-refractivity contribution in [2.24, 2.45) is 5.41 Å². The standard InChI is InChI=1S/C15H23N3O2S/c1-14(2,3)13-17-10(16)7-11(18-13)21-9-15(5-6-15)8-12(19)20-4/h7H,5-6,8-9H2,1-4H3,(H2,16,17,18). The molecule has 21 heavy (non-hydrogen) atoms. The van der Waals surface area contributed by atoms with Crippen molar-refractivity contribution in [1.82, 2.24) is 9.97 Å². The third-order valence-electron chi connectivity index (χ3n) is 3.62. The van der Waals surface area contributed by atoms with E-state index in [1.807, 2.05) is 0 Å². The summed E-state index contributed by atoms with van der Waals surface area (Å²) >= 11 is 1.65. The summed E-state index contributed by atoms with van der Waals surface area (Å²) < 4.78 is 4.77. The molecule has 0 unspecified atom stereocenters.